The number of thiophene rings is 1. The van der Waals surface area contributed by atoms with E-state index in [4.69, 9.17) is 21.9 Å². The van der Waals surface area contributed by atoms with Crippen LogP contribution in [0.25, 0.3) is 21.8 Å². The van der Waals surface area contributed by atoms with E-state index in [2.05, 4.69) is 37.0 Å². The standard InChI is InChI=1S/C13H7Br2ClN2OS/c14-8-5-9(20-12(8)15)11-10(13(17)18-19-11)6-1-3-7(16)4-2-6/h1-5H,(H2,17,18). The van der Waals surface area contributed by atoms with Gasteiger partial charge in [0.1, 0.15) is 0 Å². The van der Waals surface area contributed by atoms with Gasteiger partial charge in [0, 0.05) is 9.50 Å². The second-order valence-electron chi connectivity index (χ2n) is 4.01. The van der Waals surface area contributed by atoms with Crippen LogP contribution in [0.4, 0.5) is 5.82 Å². The quantitative estimate of drug-likeness (QED) is 0.552. The molecule has 0 bridgehead atoms. The predicted molar refractivity (Wildman–Crippen MR) is 90.1 cm³/mol. The van der Waals surface area contributed by atoms with E-state index in [1.807, 2.05) is 30.3 Å². The molecule has 0 fully saturated rings. The topological polar surface area (TPSA) is 52.0 Å². The van der Waals surface area contributed by atoms with E-state index in [9.17, 15) is 0 Å². The number of anilines is 1. The highest BCUT2D eigenvalue weighted by Gasteiger charge is 2.20. The lowest BCUT2D eigenvalue weighted by molar-refractivity contribution is 0.437. The summed E-state index contributed by atoms with van der Waals surface area (Å²) in [5.41, 5.74) is 7.64. The predicted octanol–water partition coefficient (Wildman–Crippen LogP) is 5.83. The number of hydrogen-bond acceptors (Lipinski definition) is 4. The minimum absolute atomic E-state index is 0.364. The van der Waals surface area contributed by atoms with Crippen LogP contribution in [0.1, 0.15) is 0 Å². The molecule has 20 heavy (non-hydrogen) atoms. The van der Waals surface area contributed by atoms with Gasteiger partial charge in [-0.3, -0.25) is 0 Å². The molecule has 0 aliphatic carbocycles. The van der Waals surface area contributed by atoms with Gasteiger partial charge in [-0.25, -0.2) is 0 Å². The van der Waals surface area contributed by atoms with Crippen LogP contribution in [-0.4, -0.2) is 5.16 Å². The van der Waals surface area contributed by atoms with Crippen LogP contribution in [0.5, 0.6) is 0 Å². The fourth-order valence-electron chi connectivity index (χ4n) is 1.82. The van der Waals surface area contributed by atoms with Gasteiger partial charge >= 0.3 is 0 Å². The minimum atomic E-state index is 0.364. The summed E-state index contributed by atoms with van der Waals surface area (Å²) >= 11 is 14.4. The van der Waals surface area contributed by atoms with Gasteiger partial charge in [-0.2, -0.15) is 0 Å². The summed E-state index contributed by atoms with van der Waals surface area (Å²) in [5, 5.41) is 4.55. The molecule has 0 amide bonds. The van der Waals surface area contributed by atoms with Gasteiger partial charge in [0.2, 0.25) is 0 Å². The van der Waals surface area contributed by atoms with E-state index in [1.54, 1.807) is 11.3 Å². The first kappa shape index (κ1) is 14.1. The molecule has 2 N–H and O–H groups in total. The minimum Gasteiger partial charge on any atom is -0.380 e. The fraction of sp³-hybridized carbons (Fsp3) is 0. The van der Waals surface area contributed by atoms with Gasteiger partial charge in [-0.15, -0.1) is 11.3 Å². The van der Waals surface area contributed by atoms with Crippen molar-refractivity contribution in [3.63, 3.8) is 0 Å². The van der Waals surface area contributed by atoms with Crippen molar-refractivity contribution in [1.29, 1.82) is 0 Å². The third-order valence-corrected chi connectivity index (χ3v) is 6.23. The van der Waals surface area contributed by atoms with Gasteiger partial charge in [0.25, 0.3) is 0 Å². The number of benzene rings is 1. The maximum absolute atomic E-state index is 5.94. The summed E-state index contributed by atoms with van der Waals surface area (Å²) in [6.07, 6.45) is 0. The smallest absolute Gasteiger partial charge is 0.186 e. The molecule has 0 radical (unpaired) electrons. The SMILES string of the molecule is Nc1noc(-c2cc(Br)c(Br)s2)c1-c1ccc(Cl)cc1. The average molecular weight is 435 g/mol. The van der Waals surface area contributed by atoms with Crippen molar-refractivity contribution in [2.24, 2.45) is 0 Å². The lowest BCUT2D eigenvalue weighted by atomic mass is 10.1. The van der Waals surface area contributed by atoms with Gasteiger partial charge in [-0.05, 0) is 55.6 Å². The maximum atomic E-state index is 5.94. The summed E-state index contributed by atoms with van der Waals surface area (Å²) < 4.78 is 7.35. The molecule has 0 spiro atoms. The fourth-order valence-corrected chi connectivity index (χ4v) is 3.97. The molecular formula is C13H7Br2ClN2OS. The highest BCUT2D eigenvalue weighted by atomic mass is 79.9. The number of nitrogens with two attached hydrogens (primary N) is 1. The van der Waals surface area contributed by atoms with E-state index < -0.39 is 0 Å². The third kappa shape index (κ3) is 2.53. The zero-order valence-corrected chi connectivity index (χ0v) is 14.6. The molecular weight excluding hydrogens is 427 g/mol. The second kappa shape index (κ2) is 5.52. The van der Waals surface area contributed by atoms with Crippen LogP contribution in [0.2, 0.25) is 5.02 Å². The Labute approximate surface area is 141 Å². The van der Waals surface area contributed by atoms with Crippen LogP contribution < -0.4 is 5.73 Å². The first-order valence-electron chi connectivity index (χ1n) is 5.52. The molecule has 0 saturated carbocycles. The third-order valence-electron chi connectivity index (χ3n) is 2.72. The Hall–Kier alpha value is -0.820. The molecule has 102 valence electrons. The number of halogens is 3. The Balaban J connectivity index is 2.16. The number of hydrogen-bond donors (Lipinski definition) is 1. The highest BCUT2D eigenvalue weighted by molar-refractivity contribution is 9.13. The van der Waals surface area contributed by atoms with Crippen molar-refractivity contribution in [3.05, 3.63) is 43.6 Å². The zero-order chi connectivity index (χ0) is 14.3. The van der Waals surface area contributed by atoms with E-state index in [0.29, 0.717) is 16.6 Å². The monoisotopic (exact) mass is 432 g/mol. The van der Waals surface area contributed by atoms with Crippen molar-refractivity contribution in [3.8, 4) is 21.8 Å². The Morgan fingerprint density at radius 2 is 1.90 bits per heavy atom. The van der Waals surface area contributed by atoms with E-state index >= 15 is 0 Å². The van der Waals surface area contributed by atoms with E-state index in [0.717, 1.165) is 24.3 Å². The summed E-state index contributed by atoms with van der Waals surface area (Å²) in [5.74, 6) is 1.02. The van der Waals surface area contributed by atoms with Gasteiger partial charge in [0.15, 0.2) is 11.6 Å². The molecule has 3 rings (SSSR count). The van der Waals surface area contributed by atoms with E-state index in [1.165, 1.54) is 0 Å². The number of rotatable bonds is 2. The zero-order valence-electron chi connectivity index (χ0n) is 9.86. The molecule has 0 atom stereocenters. The molecule has 2 heterocycles. The summed E-state index contributed by atoms with van der Waals surface area (Å²) in [4.78, 5) is 0.943. The van der Waals surface area contributed by atoms with Crippen molar-refractivity contribution in [1.82, 2.24) is 5.16 Å². The average Bonchev–Trinajstić information content (AvgIpc) is 2.95. The Bertz CT molecular complexity index is 748. The largest absolute Gasteiger partial charge is 0.380 e. The molecule has 0 unspecified atom stereocenters. The van der Waals surface area contributed by atoms with Crippen molar-refractivity contribution < 1.29 is 4.52 Å². The van der Waals surface area contributed by atoms with Crippen LogP contribution in [-0.2, 0) is 0 Å². The lowest BCUT2D eigenvalue weighted by Gasteiger charge is -2.01. The normalized spacial score (nSPS) is 10.9. The number of aromatic nitrogens is 1. The van der Waals surface area contributed by atoms with Gasteiger partial charge < -0.3 is 10.3 Å². The lowest BCUT2D eigenvalue weighted by Crippen LogP contribution is -1.88. The van der Waals surface area contributed by atoms with Gasteiger partial charge in [0.05, 0.1) is 14.2 Å². The van der Waals surface area contributed by atoms with Crippen LogP contribution in [0.15, 0.2) is 43.1 Å². The maximum Gasteiger partial charge on any atom is 0.186 e. The highest BCUT2D eigenvalue weighted by Crippen LogP contribution is 2.43. The molecule has 3 aromatic rings. The second-order valence-corrected chi connectivity index (χ2v) is 7.67. The number of nitrogen functional groups attached to an aromatic ring is 1. The van der Waals surface area contributed by atoms with Crippen LogP contribution in [0.3, 0.4) is 0 Å². The van der Waals surface area contributed by atoms with Crippen LogP contribution >= 0.6 is 54.8 Å². The van der Waals surface area contributed by atoms with Crippen LogP contribution in [0, 0.1) is 0 Å². The molecule has 0 aliphatic rings. The van der Waals surface area contributed by atoms with E-state index in [-0.39, 0.29) is 0 Å². The molecule has 1 aromatic carbocycles. The van der Waals surface area contributed by atoms with Crippen molar-refractivity contribution >= 4 is 60.6 Å². The Morgan fingerprint density at radius 3 is 2.50 bits per heavy atom. The molecule has 0 aliphatic heterocycles. The number of nitrogens with zero attached hydrogens (tertiary/aromatic N) is 1. The Morgan fingerprint density at radius 1 is 1.20 bits per heavy atom. The first-order valence-corrected chi connectivity index (χ1v) is 8.30. The Kier molecular flexibility index (Phi) is 3.90. The summed E-state index contributed by atoms with van der Waals surface area (Å²) in [6.45, 7) is 0. The van der Waals surface area contributed by atoms with Gasteiger partial charge in [-0.1, -0.05) is 28.9 Å². The molecule has 7 heteroatoms. The van der Waals surface area contributed by atoms with Crippen molar-refractivity contribution in [2.45, 2.75) is 0 Å². The summed E-state index contributed by atoms with van der Waals surface area (Å²) in [6, 6.07) is 9.38. The molecule has 3 nitrogen and oxygen atoms in total. The summed E-state index contributed by atoms with van der Waals surface area (Å²) in [7, 11) is 0. The van der Waals surface area contributed by atoms with Crippen molar-refractivity contribution in [2.75, 3.05) is 5.73 Å². The molecule has 0 saturated heterocycles. The first-order chi connectivity index (χ1) is 9.56. The molecule has 2 aromatic heterocycles.